The van der Waals surface area contributed by atoms with Crippen LogP contribution in [-0.4, -0.2) is 26.1 Å². The largest absolute Gasteiger partial charge is 0.478 e. The predicted molar refractivity (Wildman–Crippen MR) is 141 cm³/mol. The lowest BCUT2D eigenvalue weighted by molar-refractivity contribution is 0.0697. The molecule has 0 unspecified atom stereocenters. The number of aromatic carboxylic acids is 1. The molecule has 6 nitrogen and oxygen atoms in total. The Bertz CT molecular complexity index is 1500. The molecule has 0 aliphatic carbocycles. The second kappa shape index (κ2) is 11.4. The molecule has 0 fully saturated rings. The zero-order chi connectivity index (χ0) is 27.4. The lowest BCUT2D eigenvalue weighted by Crippen LogP contribution is -2.31. The van der Waals surface area contributed by atoms with E-state index in [1.807, 2.05) is 13.8 Å². The molecule has 1 aromatic heterocycles. The van der Waals surface area contributed by atoms with E-state index in [1.165, 1.54) is 22.8 Å². The van der Waals surface area contributed by atoms with Gasteiger partial charge in [-0.15, -0.1) is 0 Å². The molecule has 0 atom stereocenters. The molecule has 1 N–H and O–H groups in total. The topological polar surface area (TPSA) is 81.3 Å². The molecule has 38 heavy (non-hydrogen) atoms. The summed E-state index contributed by atoms with van der Waals surface area (Å²) >= 11 is 0. The summed E-state index contributed by atoms with van der Waals surface area (Å²) in [5, 5.41) is 9.50. The van der Waals surface area contributed by atoms with Crippen molar-refractivity contribution in [3.8, 4) is 11.1 Å². The van der Waals surface area contributed by atoms with Crippen molar-refractivity contribution in [1.82, 2.24) is 9.13 Å². The molecule has 0 aliphatic rings. The van der Waals surface area contributed by atoms with Gasteiger partial charge in [0.15, 0.2) is 0 Å². The van der Waals surface area contributed by atoms with Crippen molar-refractivity contribution in [3.05, 3.63) is 117 Å². The van der Waals surface area contributed by atoms with Crippen LogP contribution < -0.4 is 5.69 Å². The zero-order valence-electron chi connectivity index (χ0n) is 21.1. The number of rotatable bonds is 9. The fourth-order valence-corrected chi connectivity index (χ4v) is 4.48. The summed E-state index contributed by atoms with van der Waals surface area (Å²) in [5.41, 5.74) is 0.925. The summed E-state index contributed by atoms with van der Waals surface area (Å²) < 4.78 is 30.6. The van der Waals surface area contributed by atoms with Crippen molar-refractivity contribution >= 4 is 11.9 Å². The van der Waals surface area contributed by atoms with Gasteiger partial charge in [-0.05, 0) is 53.6 Å². The third kappa shape index (κ3) is 5.49. The average Bonchev–Trinajstić information content (AvgIpc) is 3.19. The highest BCUT2D eigenvalue weighted by atomic mass is 19.3. The molecule has 0 saturated heterocycles. The van der Waals surface area contributed by atoms with Crippen LogP contribution in [0, 0.1) is 5.92 Å². The van der Waals surface area contributed by atoms with Crippen LogP contribution in [0.25, 0.3) is 11.1 Å². The van der Waals surface area contributed by atoms with Crippen LogP contribution in [-0.2, 0) is 13.0 Å². The normalized spacial score (nSPS) is 11.3. The second-order valence-corrected chi connectivity index (χ2v) is 9.49. The van der Waals surface area contributed by atoms with Crippen LogP contribution in [0.3, 0.4) is 0 Å². The van der Waals surface area contributed by atoms with Gasteiger partial charge in [0.1, 0.15) is 5.69 Å². The summed E-state index contributed by atoms with van der Waals surface area (Å²) in [6.45, 7) is 3.91. The summed E-state index contributed by atoms with van der Waals surface area (Å²) in [5.74, 6) is -1.64. The molecular weight excluding hydrogens is 490 g/mol. The van der Waals surface area contributed by atoms with Gasteiger partial charge >= 0.3 is 11.7 Å². The molecule has 0 saturated carbocycles. The molecule has 0 radical (unpaired) electrons. The first-order valence-electron chi connectivity index (χ1n) is 12.3. The van der Waals surface area contributed by atoms with E-state index in [2.05, 4.69) is 0 Å². The Kier molecular flexibility index (Phi) is 8.00. The first-order valence-corrected chi connectivity index (χ1v) is 12.3. The fraction of sp³-hybridized carbons (Fsp3) is 0.233. The Labute approximate surface area is 218 Å². The molecule has 0 bridgehead atoms. The lowest BCUT2D eigenvalue weighted by atomic mass is 9.98. The Morgan fingerprint density at radius 2 is 1.53 bits per heavy atom. The van der Waals surface area contributed by atoms with E-state index in [4.69, 9.17) is 0 Å². The van der Waals surface area contributed by atoms with Gasteiger partial charge in [0.2, 0.25) is 0 Å². The molecule has 0 aliphatic heterocycles. The molecule has 0 amide bonds. The number of aromatic nitrogens is 2. The van der Waals surface area contributed by atoms with Crippen LogP contribution >= 0.6 is 0 Å². The molecule has 196 valence electrons. The van der Waals surface area contributed by atoms with E-state index in [0.717, 1.165) is 0 Å². The molecule has 3 aromatic carbocycles. The fourth-order valence-electron chi connectivity index (χ4n) is 4.48. The lowest BCUT2D eigenvalue weighted by Gasteiger charge is -2.12. The van der Waals surface area contributed by atoms with Crippen LogP contribution in [0.1, 0.15) is 64.4 Å². The van der Waals surface area contributed by atoms with Gasteiger partial charge in [0.05, 0.1) is 12.1 Å². The van der Waals surface area contributed by atoms with Gasteiger partial charge < -0.3 is 5.11 Å². The number of halogens is 2. The SMILES string of the molecule is CC(C)CCc1c(C(F)F)n(C(=O)c2ccccc2)c(=O)n1Cc1ccc(-c2ccccc2C(=O)O)cc1. The molecule has 1 heterocycles. The summed E-state index contributed by atoms with van der Waals surface area (Å²) in [6, 6.07) is 21.4. The average molecular weight is 519 g/mol. The van der Waals surface area contributed by atoms with E-state index in [0.29, 0.717) is 27.7 Å². The third-order valence-corrected chi connectivity index (χ3v) is 6.44. The van der Waals surface area contributed by atoms with Crippen molar-refractivity contribution in [2.45, 2.75) is 39.7 Å². The quantitative estimate of drug-likeness (QED) is 0.283. The first-order chi connectivity index (χ1) is 18.2. The number of hydrogen-bond donors (Lipinski definition) is 1. The van der Waals surface area contributed by atoms with Crippen molar-refractivity contribution in [2.24, 2.45) is 5.92 Å². The van der Waals surface area contributed by atoms with E-state index >= 15 is 0 Å². The van der Waals surface area contributed by atoms with Gasteiger partial charge in [-0.25, -0.2) is 22.9 Å². The minimum absolute atomic E-state index is 0.0120. The summed E-state index contributed by atoms with van der Waals surface area (Å²) in [7, 11) is 0. The van der Waals surface area contributed by atoms with Gasteiger partial charge in [0, 0.05) is 11.3 Å². The van der Waals surface area contributed by atoms with Gasteiger partial charge in [-0.1, -0.05) is 74.5 Å². The Balaban J connectivity index is 1.78. The zero-order valence-corrected chi connectivity index (χ0v) is 21.1. The number of carboxylic acids is 1. The maximum Gasteiger partial charge on any atom is 0.336 e. The number of benzene rings is 3. The Morgan fingerprint density at radius 3 is 2.13 bits per heavy atom. The van der Waals surface area contributed by atoms with Gasteiger partial charge in [0.25, 0.3) is 12.3 Å². The Hall–Kier alpha value is -4.33. The maximum atomic E-state index is 14.4. The van der Waals surface area contributed by atoms with Crippen LogP contribution in [0.4, 0.5) is 8.78 Å². The Morgan fingerprint density at radius 1 is 0.895 bits per heavy atom. The van der Waals surface area contributed by atoms with Gasteiger partial charge in [-0.3, -0.25) is 9.36 Å². The third-order valence-electron chi connectivity index (χ3n) is 6.44. The van der Waals surface area contributed by atoms with Crippen LogP contribution in [0.15, 0.2) is 83.7 Å². The van der Waals surface area contributed by atoms with E-state index < -0.39 is 29.7 Å². The van der Waals surface area contributed by atoms with Crippen molar-refractivity contribution in [2.75, 3.05) is 0 Å². The molecule has 8 heteroatoms. The number of carboxylic acid groups (broad SMARTS) is 1. The molecule has 0 spiro atoms. The predicted octanol–water partition coefficient (Wildman–Crippen LogP) is 6.28. The van der Waals surface area contributed by atoms with Gasteiger partial charge in [-0.2, -0.15) is 0 Å². The minimum atomic E-state index is -3.02. The van der Waals surface area contributed by atoms with Crippen LogP contribution in [0.2, 0.25) is 0 Å². The molecule has 4 aromatic rings. The summed E-state index contributed by atoms with van der Waals surface area (Å²) in [4.78, 5) is 38.3. The molecule has 4 rings (SSSR count). The maximum absolute atomic E-state index is 14.4. The highest BCUT2D eigenvalue weighted by Crippen LogP contribution is 2.27. The highest BCUT2D eigenvalue weighted by molar-refractivity contribution is 5.96. The highest BCUT2D eigenvalue weighted by Gasteiger charge is 2.30. The van der Waals surface area contributed by atoms with Crippen molar-refractivity contribution in [3.63, 3.8) is 0 Å². The number of alkyl halides is 2. The van der Waals surface area contributed by atoms with Crippen molar-refractivity contribution in [1.29, 1.82) is 0 Å². The van der Waals surface area contributed by atoms with E-state index in [1.54, 1.807) is 60.7 Å². The van der Waals surface area contributed by atoms with E-state index in [-0.39, 0.29) is 35.7 Å². The number of carbonyl (C=O) groups is 2. The summed E-state index contributed by atoms with van der Waals surface area (Å²) in [6.07, 6.45) is -2.24. The monoisotopic (exact) mass is 518 g/mol. The molecular formula is C30H28F2N2O4. The standard InChI is InChI=1S/C30H28F2N2O4/c1-19(2)12-17-25-26(27(31)32)34(28(35)22-8-4-3-5-9-22)30(38)33(25)18-20-13-15-21(16-14-20)23-10-6-7-11-24(23)29(36)37/h3-11,13-16,19,27H,12,17-18H2,1-2H3,(H,36,37). The number of carbonyl (C=O) groups excluding carboxylic acids is 1. The van der Waals surface area contributed by atoms with E-state index in [9.17, 15) is 28.3 Å². The first kappa shape index (κ1) is 26.7. The van der Waals surface area contributed by atoms with Crippen LogP contribution in [0.5, 0.6) is 0 Å². The number of nitrogens with zero attached hydrogens (tertiary/aromatic N) is 2. The number of hydrogen-bond acceptors (Lipinski definition) is 3. The smallest absolute Gasteiger partial charge is 0.336 e. The minimum Gasteiger partial charge on any atom is -0.478 e. The van der Waals surface area contributed by atoms with Crippen molar-refractivity contribution < 1.29 is 23.5 Å². The second-order valence-electron chi connectivity index (χ2n) is 9.49. The number of imidazole rings is 1.